The number of rotatable bonds is 1. The molecule has 0 amide bonds. The summed E-state index contributed by atoms with van der Waals surface area (Å²) in [6.45, 7) is 31.9. The van der Waals surface area contributed by atoms with Crippen molar-refractivity contribution in [2.45, 2.75) is 127 Å². The van der Waals surface area contributed by atoms with Gasteiger partial charge in [-0.15, -0.1) is 0 Å². The van der Waals surface area contributed by atoms with Crippen LogP contribution in [0.2, 0.25) is 0 Å². The molecule has 170 valence electrons. The average Bonchev–Trinajstić information content (AvgIpc) is 3.13. The topological polar surface area (TPSA) is 40.0 Å². The van der Waals surface area contributed by atoms with Crippen LogP contribution in [-0.2, 0) is 0 Å². The molecule has 0 aliphatic carbocycles. The van der Waals surface area contributed by atoms with Gasteiger partial charge in [0.2, 0.25) is 0 Å². The Morgan fingerprint density at radius 2 is 1.17 bits per heavy atom. The van der Waals surface area contributed by atoms with E-state index >= 15 is 0 Å². The van der Waals surface area contributed by atoms with E-state index in [2.05, 4.69) is 118 Å². The Balaban J connectivity index is 0.000000296. The van der Waals surface area contributed by atoms with E-state index < -0.39 is 0 Å². The fraction of sp³-hybridized carbons (Fsp3) is 0.920. The Morgan fingerprint density at radius 1 is 0.690 bits per heavy atom. The van der Waals surface area contributed by atoms with Gasteiger partial charge in [0, 0.05) is 6.04 Å². The van der Waals surface area contributed by atoms with Crippen LogP contribution in [0.25, 0.3) is 0 Å². The molecule has 0 fully saturated rings. The van der Waals surface area contributed by atoms with Crippen molar-refractivity contribution in [3.63, 3.8) is 0 Å². The second-order valence-electron chi connectivity index (χ2n) is 13.5. The fourth-order valence-corrected chi connectivity index (χ4v) is 4.37. The minimum absolute atomic E-state index is 0.234. The van der Waals surface area contributed by atoms with Crippen LogP contribution >= 0.6 is 0 Å². The molecule has 4 atom stereocenters. The molecule has 0 saturated carbocycles. The maximum Gasteiger partial charge on any atom is 0.0860 e. The predicted molar refractivity (Wildman–Crippen MR) is 130 cm³/mol. The van der Waals surface area contributed by atoms with E-state index in [9.17, 15) is 0 Å². The normalized spacial score (nSPS) is 27.9. The molecule has 0 aromatic carbocycles. The SMILES string of the molecule is CC(C)(C)C1N=CNC1C(C)(C)C.CC(C)N1C=NC(C(C)(C)C)C1C(C)(C)C. The molecule has 1 N–H and O–H groups in total. The van der Waals surface area contributed by atoms with Gasteiger partial charge in [-0.05, 0) is 35.5 Å². The van der Waals surface area contributed by atoms with E-state index in [0.29, 0.717) is 30.2 Å². The highest BCUT2D eigenvalue weighted by Crippen LogP contribution is 2.39. The van der Waals surface area contributed by atoms with Gasteiger partial charge in [-0.3, -0.25) is 9.98 Å². The fourth-order valence-electron chi connectivity index (χ4n) is 4.37. The summed E-state index contributed by atoms with van der Waals surface area (Å²) in [7, 11) is 0. The highest BCUT2D eigenvalue weighted by atomic mass is 15.3. The van der Waals surface area contributed by atoms with E-state index in [1.54, 1.807) is 0 Å². The molecule has 2 heterocycles. The summed E-state index contributed by atoms with van der Waals surface area (Å²) in [5.74, 6) is 0. The summed E-state index contributed by atoms with van der Waals surface area (Å²) in [6.07, 6.45) is 3.93. The number of nitrogens with one attached hydrogen (secondary N) is 1. The molecule has 2 aliphatic rings. The quantitative estimate of drug-likeness (QED) is 0.579. The summed E-state index contributed by atoms with van der Waals surface area (Å²) in [4.78, 5) is 11.7. The van der Waals surface area contributed by atoms with E-state index in [4.69, 9.17) is 4.99 Å². The highest BCUT2D eigenvalue weighted by molar-refractivity contribution is 5.60. The third-order valence-electron chi connectivity index (χ3n) is 5.98. The summed E-state index contributed by atoms with van der Waals surface area (Å²) in [5, 5.41) is 3.36. The first-order valence-electron chi connectivity index (χ1n) is 11.4. The molecule has 29 heavy (non-hydrogen) atoms. The molecule has 2 rings (SSSR count). The zero-order valence-electron chi connectivity index (χ0n) is 21.9. The van der Waals surface area contributed by atoms with Gasteiger partial charge in [-0.1, -0.05) is 83.1 Å². The van der Waals surface area contributed by atoms with Crippen LogP contribution in [0.1, 0.15) is 96.9 Å². The van der Waals surface area contributed by atoms with Crippen molar-refractivity contribution in [3.8, 4) is 0 Å². The lowest BCUT2D eigenvalue weighted by molar-refractivity contribution is 0.0982. The third-order valence-corrected chi connectivity index (χ3v) is 5.98. The van der Waals surface area contributed by atoms with Gasteiger partial charge in [0.25, 0.3) is 0 Å². The van der Waals surface area contributed by atoms with E-state index in [1.807, 2.05) is 6.34 Å². The molecule has 4 heteroatoms. The first-order chi connectivity index (χ1) is 12.8. The molecular weight excluding hydrogens is 356 g/mol. The van der Waals surface area contributed by atoms with Crippen LogP contribution in [0, 0.1) is 21.7 Å². The maximum atomic E-state index is 4.76. The van der Waals surface area contributed by atoms with Crippen LogP contribution in [0.5, 0.6) is 0 Å². The van der Waals surface area contributed by atoms with Crippen LogP contribution < -0.4 is 5.32 Å². The standard InChI is InChI=1S/C14H28N2.C11H22N2/c1-10(2)16-9-15-11(13(3,4)5)12(16)14(6,7)8;1-10(2,3)8-9(11(4,5)6)13-7-12-8/h9-12H,1-8H3;7-9H,1-6H3,(H,12,13). The Morgan fingerprint density at radius 3 is 1.48 bits per heavy atom. The second kappa shape index (κ2) is 8.59. The predicted octanol–water partition coefficient (Wildman–Crippen LogP) is 6.02. The average molecular weight is 407 g/mol. The summed E-state index contributed by atoms with van der Waals surface area (Å²) in [6, 6.07) is 2.29. The largest absolute Gasteiger partial charge is 0.371 e. The second-order valence-corrected chi connectivity index (χ2v) is 13.5. The molecule has 4 unspecified atom stereocenters. The van der Waals surface area contributed by atoms with Crippen molar-refractivity contribution in [1.29, 1.82) is 0 Å². The van der Waals surface area contributed by atoms with E-state index in [1.165, 1.54) is 0 Å². The Labute approximate surface area is 182 Å². The molecule has 2 aliphatic heterocycles. The van der Waals surface area contributed by atoms with Gasteiger partial charge in [-0.2, -0.15) is 0 Å². The first kappa shape index (κ1) is 26.0. The Bertz CT molecular complexity index is 576. The molecule has 0 spiro atoms. The van der Waals surface area contributed by atoms with Gasteiger partial charge in [0.15, 0.2) is 0 Å². The maximum absolute atomic E-state index is 4.76. The van der Waals surface area contributed by atoms with Gasteiger partial charge in [0.1, 0.15) is 0 Å². The molecule has 0 aromatic heterocycles. The minimum Gasteiger partial charge on any atom is -0.371 e. The molecule has 0 bridgehead atoms. The van der Waals surface area contributed by atoms with Gasteiger partial charge in [0.05, 0.1) is 36.8 Å². The monoisotopic (exact) mass is 406 g/mol. The smallest absolute Gasteiger partial charge is 0.0860 e. The Hall–Kier alpha value is -1.06. The van der Waals surface area contributed by atoms with Crippen molar-refractivity contribution < 1.29 is 0 Å². The summed E-state index contributed by atoms with van der Waals surface area (Å²) >= 11 is 0. The van der Waals surface area contributed by atoms with Crippen LogP contribution in [-0.4, -0.2) is 47.8 Å². The third kappa shape index (κ3) is 6.72. The zero-order chi connectivity index (χ0) is 23.0. The molecular formula is C25H50N4. The number of hydrogen-bond acceptors (Lipinski definition) is 4. The van der Waals surface area contributed by atoms with Crippen LogP contribution in [0.3, 0.4) is 0 Å². The highest BCUT2D eigenvalue weighted by Gasteiger charge is 2.45. The van der Waals surface area contributed by atoms with Crippen molar-refractivity contribution in [2.75, 3.05) is 0 Å². The van der Waals surface area contributed by atoms with E-state index in [-0.39, 0.29) is 21.7 Å². The van der Waals surface area contributed by atoms with Crippen LogP contribution in [0.15, 0.2) is 9.98 Å². The molecule has 0 saturated heterocycles. The van der Waals surface area contributed by atoms with Crippen molar-refractivity contribution >= 4 is 12.7 Å². The molecule has 4 nitrogen and oxygen atoms in total. The van der Waals surface area contributed by atoms with Gasteiger partial charge in [-0.25, -0.2) is 0 Å². The number of hydrogen-bond donors (Lipinski definition) is 1. The van der Waals surface area contributed by atoms with E-state index in [0.717, 1.165) is 0 Å². The van der Waals surface area contributed by atoms with Crippen molar-refractivity contribution in [3.05, 3.63) is 0 Å². The van der Waals surface area contributed by atoms with Crippen molar-refractivity contribution in [1.82, 2.24) is 10.2 Å². The summed E-state index contributed by atoms with van der Waals surface area (Å²) in [5.41, 5.74) is 1.02. The minimum atomic E-state index is 0.234. The van der Waals surface area contributed by atoms with Crippen LogP contribution in [0.4, 0.5) is 0 Å². The number of nitrogens with zero attached hydrogens (tertiary/aromatic N) is 3. The summed E-state index contributed by atoms with van der Waals surface area (Å²) < 4.78 is 0. The lowest BCUT2D eigenvalue weighted by atomic mass is 9.73. The molecule has 0 aromatic rings. The first-order valence-corrected chi connectivity index (χ1v) is 11.4. The molecule has 0 radical (unpaired) electrons. The van der Waals surface area contributed by atoms with Gasteiger partial charge < -0.3 is 10.2 Å². The zero-order valence-corrected chi connectivity index (χ0v) is 21.9. The lowest BCUT2D eigenvalue weighted by Gasteiger charge is -2.43. The van der Waals surface area contributed by atoms with Gasteiger partial charge >= 0.3 is 0 Å². The lowest BCUT2D eigenvalue weighted by Crippen LogP contribution is -2.52. The Kier molecular flexibility index (Phi) is 7.69. The number of aliphatic imine (C=N–C) groups is 2. The van der Waals surface area contributed by atoms with Crippen molar-refractivity contribution in [2.24, 2.45) is 31.6 Å².